The molecule has 1 fully saturated rings. The van der Waals surface area contributed by atoms with Crippen LogP contribution in [-0.4, -0.2) is 43.6 Å². The van der Waals surface area contributed by atoms with E-state index >= 15 is 0 Å². The Balaban J connectivity index is 2.15. The molecule has 0 aliphatic carbocycles. The van der Waals surface area contributed by atoms with Gasteiger partial charge in [-0.3, -0.25) is 9.59 Å². The van der Waals surface area contributed by atoms with Gasteiger partial charge in [-0.05, 0) is 31.9 Å². The molecule has 1 atom stereocenters. The summed E-state index contributed by atoms with van der Waals surface area (Å²) in [5.74, 6) is -0.397. The first-order chi connectivity index (χ1) is 11.0. The van der Waals surface area contributed by atoms with Gasteiger partial charge in [0.1, 0.15) is 0 Å². The minimum Gasteiger partial charge on any atom is -0.494 e. The van der Waals surface area contributed by atoms with Crippen LogP contribution in [0.5, 0.6) is 5.75 Å². The van der Waals surface area contributed by atoms with Crippen LogP contribution in [0.2, 0.25) is 10.0 Å². The summed E-state index contributed by atoms with van der Waals surface area (Å²) in [4.78, 5) is 26.2. The van der Waals surface area contributed by atoms with E-state index in [-0.39, 0.29) is 27.8 Å². The van der Waals surface area contributed by atoms with Crippen LogP contribution >= 0.6 is 23.2 Å². The number of benzene rings is 1. The second kappa shape index (κ2) is 7.88. The molecule has 1 aromatic rings. The van der Waals surface area contributed by atoms with E-state index in [1.807, 2.05) is 0 Å². The summed E-state index contributed by atoms with van der Waals surface area (Å²) in [7, 11) is 1.46. The van der Waals surface area contributed by atoms with Crippen molar-refractivity contribution in [2.45, 2.75) is 19.8 Å². The van der Waals surface area contributed by atoms with E-state index < -0.39 is 0 Å². The summed E-state index contributed by atoms with van der Waals surface area (Å²) in [5.41, 5.74) is 0.380. The lowest BCUT2D eigenvalue weighted by atomic mass is 9.97. The molecule has 1 heterocycles. The van der Waals surface area contributed by atoms with Gasteiger partial charge in [-0.15, -0.1) is 0 Å². The number of carbonyl (C=O) groups excluding carboxylic acids is 2. The van der Waals surface area contributed by atoms with Crippen molar-refractivity contribution in [1.82, 2.24) is 4.90 Å². The molecule has 1 unspecified atom stereocenters. The van der Waals surface area contributed by atoms with Crippen LogP contribution in [-0.2, 0) is 9.53 Å². The van der Waals surface area contributed by atoms with Gasteiger partial charge >= 0.3 is 5.97 Å². The van der Waals surface area contributed by atoms with E-state index in [1.54, 1.807) is 11.8 Å². The minimum atomic E-state index is -0.281. The molecule has 0 N–H and O–H groups in total. The Morgan fingerprint density at radius 1 is 1.30 bits per heavy atom. The normalized spacial score (nSPS) is 17.7. The molecular formula is C16H19Cl2NO4. The number of piperidine rings is 1. The van der Waals surface area contributed by atoms with Gasteiger partial charge in [0.25, 0.3) is 5.91 Å². The topological polar surface area (TPSA) is 55.8 Å². The lowest BCUT2D eigenvalue weighted by Crippen LogP contribution is -2.42. The number of hydrogen-bond acceptors (Lipinski definition) is 4. The highest BCUT2D eigenvalue weighted by Crippen LogP contribution is 2.34. The summed E-state index contributed by atoms with van der Waals surface area (Å²) < 4.78 is 10.1. The Kier molecular flexibility index (Phi) is 6.13. The number of carbonyl (C=O) groups is 2. The average molecular weight is 360 g/mol. The third-order valence-corrected chi connectivity index (χ3v) is 4.34. The fraction of sp³-hybridized carbons (Fsp3) is 0.500. The van der Waals surface area contributed by atoms with E-state index in [4.69, 9.17) is 32.7 Å². The highest BCUT2D eigenvalue weighted by Gasteiger charge is 2.30. The van der Waals surface area contributed by atoms with Crippen molar-refractivity contribution in [2.75, 3.05) is 26.8 Å². The van der Waals surface area contributed by atoms with E-state index in [1.165, 1.54) is 19.2 Å². The average Bonchev–Trinajstić information content (AvgIpc) is 2.54. The molecule has 5 nitrogen and oxygen atoms in total. The predicted octanol–water partition coefficient (Wildman–Crippen LogP) is 3.42. The molecule has 1 aliphatic rings. The first-order valence-electron chi connectivity index (χ1n) is 7.46. The van der Waals surface area contributed by atoms with Crippen molar-refractivity contribution in [3.8, 4) is 5.75 Å². The number of likely N-dealkylation sites (tertiary alicyclic amines) is 1. The zero-order valence-corrected chi connectivity index (χ0v) is 14.6. The Labute approximate surface area is 145 Å². The van der Waals surface area contributed by atoms with Gasteiger partial charge in [0, 0.05) is 18.7 Å². The van der Waals surface area contributed by atoms with Crippen LogP contribution in [0.15, 0.2) is 12.1 Å². The van der Waals surface area contributed by atoms with Crippen LogP contribution in [0.25, 0.3) is 0 Å². The molecule has 0 spiro atoms. The number of rotatable bonds is 4. The fourth-order valence-corrected chi connectivity index (χ4v) is 3.32. The number of amides is 1. The van der Waals surface area contributed by atoms with E-state index in [0.717, 1.165) is 12.8 Å². The first kappa shape index (κ1) is 17.9. The van der Waals surface area contributed by atoms with Crippen molar-refractivity contribution in [1.29, 1.82) is 0 Å². The molecule has 0 saturated carbocycles. The molecular weight excluding hydrogens is 341 g/mol. The fourth-order valence-electron chi connectivity index (χ4n) is 2.68. The predicted molar refractivity (Wildman–Crippen MR) is 88.3 cm³/mol. The molecule has 2 rings (SSSR count). The summed E-state index contributed by atoms with van der Waals surface area (Å²) in [5, 5.41) is 0.560. The molecule has 126 valence electrons. The third kappa shape index (κ3) is 4.09. The van der Waals surface area contributed by atoms with Crippen molar-refractivity contribution < 1.29 is 19.1 Å². The number of ether oxygens (including phenoxy) is 2. The Morgan fingerprint density at radius 2 is 1.96 bits per heavy atom. The molecule has 0 bridgehead atoms. The zero-order chi connectivity index (χ0) is 17.0. The minimum absolute atomic E-state index is 0.203. The number of nitrogens with zero attached hydrogens (tertiary/aromatic N) is 1. The standard InChI is InChI=1S/C16H19Cl2NO4/c1-3-23-16(21)10-5-4-6-19(9-10)15(20)11-7-12(17)14(22-2)13(18)8-11/h7-8,10H,3-6,9H2,1-2H3. The third-order valence-electron chi connectivity index (χ3n) is 3.78. The summed E-state index contributed by atoms with van der Waals surface area (Å²) >= 11 is 12.2. The van der Waals surface area contributed by atoms with Crippen molar-refractivity contribution in [2.24, 2.45) is 5.92 Å². The summed E-state index contributed by atoms with van der Waals surface area (Å²) in [6, 6.07) is 3.06. The second-order valence-electron chi connectivity index (χ2n) is 5.32. The molecule has 23 heavy (non-hydrogen) atoms. The first-order valence-corrected chi connectivity index (χ1v) is 8.22. The van der Waals surface area contributed by atoms with Crippen LogP contribution in [0.4, 0.5) is 0 Å². The zero-order valence-electron chi connectivity index (χ0n) is 13.1. The number of methoxy groups -OCH3 is 1. The molecule has 7 heteroatoms. The molecule has 0 radical (unpaired) electrons. The monoisotopic (exact) mass is 359 g/mol. The van der Waals surface area contributed by atoms with E-state index in [0.29, 0.717) is 31.0 Å². The largest absolute Gasteiger partial charge is 0.494 e. The SMILES string of the molecule is CCOC(=O)C1CCCN(C(=O)c2cc(Cl)c(OC)c(Cl)c2)C1. The lowest BCUT2D eigenvalue weighted by molar-refractivity contribution is -0.149. The van der Waals surface area contributed by atoms with Gasteiger partial charge in [-0.25, -0.2) is 0 Å². The Hall–Kier alpha value is -1.46. The molecule has 1 aromatic carbocycles. The maximum atomic E-state index is 12.6. The Morgan fingerprint density at radius 3 is 2.52 bits per heavy atom. The second-order valence-corrected chi connectivity index (χ2v) is 6.13. The highest BCUT2D eigenvalue weighted by atomic mass is 35.5. The molecule has 1 saturated heterocycles. The summed E-state index contributed by atoms with van der Waals surface area (Å²) in [6.07, 6.45) is 1.49. The number of halogens is 2. The van der Waals surface area contributed by atoms with Crippen molar-refractivity contribution in [3.05, 3.63) is 27.7 Å². The molecule has 1 aliphatic heterocycles. The lowest BCUT2D eigenvalue weighted by Gasteiger charge is -2.31. The maximum Gasteiger partial charge on any atom is 0.310 e. The smallest absolute Gasteiger partial charge is 0.310 e. The van der Waals surface area contributed by atoms with E-state index in [2.05, 4.69) is 0 Å². The Bertz CT molecular complexity index is 583. The van der Waals surface area contributed by atoms with Crippen LogP contribution in [0.1, 0.15) is 30.1 Å². The molecule has 1 amide bonds. The van der Waals surface area contributed by atoms with Gasteiger partial charge in [-0.2, -0.15) is 0 Å². The quantitative estimate of drug-likeness (QED) is 0.772. The van der Waals surface area contributed by atoms with Gasteiger partial charge in [0.2, 0.25) is 0 Å². The molecule has 0 aromatic heterocycles. The summed E-state index contributed by atoms with van der Waals surface area (Å²) in [6.45, 7) is 3.05. The van der Waals surface area contributed by atoms with Gasteiger partial charge in [-0.1, -0.05) is 23.2 Å². The van der Waals surface area contributed by atoms with Gasteiger partial charge < -0.3 is 14.4 Å². The van der Waals surface area contributed by atoms with Crippen molar-refractivity contribution >= 4 is 35.1 Å². The van der Waals surface area contributed by atoms with Gasteiger partial charge in [0.15, 0.2) is 5.75 Å². The number of esters is 1. The highest BCUT2D eigenvalue weighted by molar-refractivity contribution is 6.37. The van der Waals surface area contributed by atoms with Crippen LogP contribution in [0, 0.1) is 5.92 Å². The van der Waals surface area contributed by atoms with Crippen LogP contribution < -0.4 is 4.74 Å². The van der Waals surface area contributed by atoms with Gasteiger partial charge in [0.05, 0.1) is 29.7 Å². The van der Waals surface area contributed by atoms with Crippen molar-refractivity contribution in [3.63, 3.8) is 0 Å². The van der Waals surface area contributed by atoms with Crippen LogP contribution in [0.3, 0.4) is 0 Å². The maximum absolute atomic E-state index is 12.6. The number of hydrogen-bond donors (Lipinski definition) is 0. The van der Waals surface area contributed by atoms with E-state index in [9.17, 15) is 9.59 Å².